The lowest BCUT2D eigenvalue weighted by molar-refractivity contribution is -0.385. The van der Waals surface area contributed by atoms with Gasteiger partial charge in [0.1, 0.15) is 0 Å². The zero-order valence-corrected chi connectivity index (χ0v) is 15.0. The van der Waals surface area contributed by atoms with E-state index in [2.05, 4.69) is 39.2 Å². The van der Waals surface area contributed by atoms with Crippen molar-refractivity contribution in [1.82, 2.24) is 4.98 Å². The second kappa shape index (κ2) is 6.91. The van der Waals surface area contributed by atoms with Crippen LogP contribution in [0, 0.1) is 35.8 Å². The molecule has 0 atom stereocenters. The summed E-state index contributed by atoms with van der Waals surface area (Å²) < 4.78 is 0.807. The van der Waals surface area contributed by atoms with Crippen LogP contribution >= 0.6 is 23.6 Å². The van der Waals surface area contributed by atoms with Gasteiger partial charge in [0, 0.05) is 17.2 Å². The molecule has 0 spiro atoms. The zero-order valence-electron chi connectivity index (χ0n) is 13.4. The molecule has 122 valence electrons. The number of fused-ring (bicyclic) bond motifs is 1. The summed E-state index contributed by atoms with van der Waals surface area (Å²) >= 11 is 5.93. The minimum absolute atomic E-state index is 0.114. The zero-order chi connectivity index (χ0) is 18.0. The van der Waals surface area contributed by atoms with Crippen LogP contribution in [-0.4, -0.2) is 15.1 Å². The molecule has 0 saturated carbocycles. The van der Waals surface area contributed by atoms with Gasteiger partial charge in [-0.25, -0.2) is 4.98 Å². The van der Waals surface area contributed by atoms with Crippen molar-refractivity contribution in [2.24, 2.45) is 4.99 Å². The number of aliphatic imine (C=N–C) groups is 1. The number of benzene rings is 2. The molecule has 0 unspecified atom stereocenters. The first-order chi connectivity index (χ1) is 12.0. The molecule has 0 aliphatic heterocycles. The number of thiocarbonyl (C=S) groups is 1. The van der Waals surface area contributed by atoms with Gasteiger partial charge < -0.3 is 0 Å². The molecule has 3 aromatic rings. The lowest BCUT2D eigenvalue weighted by Gasteiger charge is -2.00. The van der Waals surface area contributed by atoms with E-state index in [0.717, 1.165) is 27.0 Å². The van der Waals surface area contributed by atoms with Crippen molar-refractivity contribution in [2.45, 2.75) is 13.8 Å². The van der Waals surface area contributed by atoms with Crippen LogP contribution in [0.15, 0.2) is 35.3 Å². The van der Waals surface area contributed by atoms with E-state index in [1.807, 2.05) is 19.1 Å². The Morgan fingerprint density at radius 3 is 2.60 bits per heavy atom. The molecule has 1 heterocycles. The average Bonchev–Trinajstić information content (AvgIpc) is 3.03. The summed E-state index contributed by atoms with van der Waals surface area (Å²) in [6.07, 6.45) is 0. The Morgan fingerprint density at radius 2 is 1.96 bits per heavy atom. The Kier molecular flexibility index (Phi) is 4.68. The quantitative estimate of drug-likeness (QED) is 0.212. The molecule has 0 fully saturated rings. The summed E-state index contributed by atoms with van der Waals surface area (Å²) in [7, 11) is 0. The monoisotopic (exact) mass is 365 g/mol. The molecule has 3 rings (SSSR count). The minimum atomic E-state index is -0.364. The number of thiazole rings is 1. The first-order valence-electron chi connectivity index (χ1n) is 7.24. The highest BCUT2D eigenvalue weighted by molar-refractivity contribution is 7.78. The summed E-state index contributed by atoms with van der Waals surface area (Å²) in [6, 6.07) is 8.85. The molecule has 1 aromatic heterocycles. The molecule has 0 bridgehead atoms. The van der Waals surface area contributed by atoms with Crippen LogP contribution in [0.4, 0.5) is 11.4 Å². The number of aromatic nitrogens is 1. The van der Waals surface area contributed by atoms with Crippen LogP contribution in [0.5, 0.6) is 0 Å². The molecule has 7 heteroatoms. The van der Waals surface area contributed by atoms with Gasteiger partial charge in [-0.15, -0.1) is 11.3 Å². The van der Waals surface area contributed by atoms with E-state index in [4.69, 9.17) is 0 Å². The molecular weight excluding hydrogens is 354 g/mol. The van der Waals surface area contributed by atoms with Gasteiger partial charge in [-0.1, -0.05) is 5.92 Å². The van der Waals surface area contributed by atoms with Gasteiger partial charge in [-0.3, -0.25) is 10.1 Å². The van der Waals surface area contributed by atoms with E-state index in [-0.39, 0.29) is 10.6 Å². The van der Waals surface area contributed by atoms with Crippen LogP contribution in [0.25, 0.3) is 10.2 Å². The highest BCUT2D eigenvalue weighted by atomic mass is 32.1. The molecule has 0 aliphatic rings. The van der Waals surface area contributed by atoms with Crippen LogP contribution in [0.2, 0.25) is 0 Å². The van der Waals surface area contributed by atoms with Crippen molar-refractivity contribution in [3.8, 4) is 11.8 Å². The standard InChI is InChI=1S/C18H11N3O2S2/c1-11-9-15(21(22)23)12(2)18-17(11)20-16(25-18)8-5-13-3-6-14(7-4-13)19-10-24/h3-4,6-7,9H,1-2H3. The van der Waals surface area contributed by atoms with E-state index < -0.39 is 0 Å². The number of rotatable bonds is 2. The third-order valence-electron chi connectivity index (χ3n) is 3.63. The van der Waals surface area contributed by atoms with Gasteiger partial charge in [0.2, 0.25) is 0 Å². The third kappa shape index (κ3) is 3.47. The number of isothiocyanates is 1. The van der Waals surface area contributed by atoms with E-state index in [1.54, 1.807) is 25.1 Å². The maximum Gasteiger partial charge on any atom is 0.274 e. The van der Waals surface area contributed by atoms with E-state index in [9.17, 15) is 10.1 Å². The van der Waals surface area contributed by atoms with E-state index in [0.29, 0.717) is 10.6 Å². The fourth-order valence-corrected chi connectivity index (χ4v) is 3.48. The largest absolute Gasteiger partial charge is 0.274 e. The SMILES string of the molecule is Cc1cc([N+](=O)[O-])c(C)c2sc(C#Cc3ccc(N=C=S)cc3)nc12. The Hall–Kier alpha value is -2.91. The second-order valence-corrected chi connectivity index (χ2v) is 6.47. The predicted molar refractivity (Wildman–Crippen MR) is 103 cm³/mol. The smallest absolute Gasteiger partial charge is 0.258 e. The number of aryl methyl sites for hydroxylation is 2. The van der Waals surface area contributed by atoms with Crippen LogP contribution in [-0.2, 0) is 0 Å². The first kappa shape index (κ1) is 16.9. The number of hydrogen-bond donors (Lipinski definition) is 0. The lowest BCUT2D eigenvalue weighted by atomic mass is 10.1. The van der Waals surface area contributed by atoms with Crippen molar-refractivity contribution in [1.29, 1.82) is 0 Å². The third-order valence-corrected chi connectivity index (χ3v) is 4.81. The maximum absolute atomic E-state index is 11.2. The van der Waals surface area contributed by atoms with Crippen molar-refractivity contribution in [3.63, 3.8) is 0 Å². The lowest BCUT2D eigenvalue weighted by Crippen LogP contribution is -1.93. The fraction of sp³-hybridized carbons (Fsp3) is 0.111. The predicted octanol–water partition coefficient (Wildman–Crippen LogP) is 4.96. The van der Waals surface area contributed by atoms with Gasteiger partial charge in [0.05, 0.1) is 26.0 Å². The molecule has 0 radical (unpaired) electrons. The molecule has 2 aromatic carbocycles. The van der Waals surface area contributed by atoms with Crippen LogP contribution in [0.1, 0.15) is 21.7 Å². The number of nitro benzene ring substituents is 1. The minimum Gasteiger partial charge on any atom is -0.258 e. The van der Waals surface area contributed by atoms with Crippen molar-refractivity contribution in [2.75, 3.05) is 0 Å². The summed E-state index contributed by atoms with van der Waals surface area (Å²) in [6.45, 7) is 3.56. The van der Waals surface area contributed by atoms with Crippen LogP contribution in [0.3, 0.4) is 0 Å². The van der Waals surface area contributed by atoms with Crippen molar-refractivity contribution >= 4 is 50.3 Å². The first-order valence-corrected chi connectivity index (χ1v) is 8.47. The van der Waals surface area contributed by atoms with Gasteiger partial charge in [0.25, 0.3) is 5.69 Å². The van der Waals surface area contributed by atoms with Crippen molar-refractivity contribution < 1.29 is 4.92 Å². The molecule has 0 N–H and O–H groups in total. The summed E-state index contributed by atoms with van der Waals surface area (Å²) in [5, 5.41) is 14.1. The fourth-order valence-electron chi connectivity index (χ4n) is 2.38. The Morgan fingerprint density at radius 1 is 1.24 bits per heavy atom. The summed E-state index contributed by atoms with van der Waals surface area (Å²) in [5.74, 6) is 6.07. The maximum atomic E-state index is 11.2. The molecule has 5 nitrogen and oxygen atoms in total. The van der Waals surface area contributed by atoms with Gasteiger partial charge >= 0.3 is 0 Å². The van der Waals surface area contributed by atoms with Crippen LogP contribution < -0.4 is 0 Å². The average molecular weight is 365 g/mol. The van der Waals surface area contributed by atoms with Gasteiger partial charge in [-0.2, -0.15) is 4.99 Å². The number of nitro groups is 1. The van der Waals surface area contributed by atoms with Crippen molar-refractivity contribution in [3.05, 3.63) is 62.1 Å². The molecule has 0 saturated heterocycles. The molecule has 25 heavy (non-hydrogen) atoms. The van der Waals surface area contributed by atoms with Gasteiger partial charge in [0.15, 0.2) is 5.01 Å². The normalized spacial score (nSPS) is 10.0. The molecule has 0 amide bonds. The second-order valence-electron chi connectivity index (χ2n) is 5.29. The Balaban J connectivity index is 2.01. The molecular formula is C18H11N3O2S2. The molecule has 0 aliphatic carbocycles. The highest BCUT2D eigenvalue weighted by Crippen LogP contribution is 2.33. The summed E-state index contributed by atoms with van der Waals surface area (Å²) in [4.78, 5) is 19.2. The Labute approximate surface area is 153 Å². The van der Waals surface area contributed by atoms with Gasteiger partial charge in [-0.05, 0) is 61.8 Å². The number of nitrogens with zero attached hydrogens (tertiary/aromatic N) is 3. The summed E-state index contributed by atoms with van der Waals surface area (Å²) in [5.41, 5.74) is 3.82. The topological polar surface area (TPSA) is 68.4 Å². The van der Waals surface area contributed by atoms with E-state index >= 15 is 0 Å². The number of hydrogen-bond acceptors (Lipinski definition) is 6. The highest BCUT2D eigenvalue weighted by Gasteiger charge is 2.18. The van der Waals surface area contributed by atoms with E-state index in [1.165, 1.54) is 11.3 Å². The Bertz CT molecular complexity index is 1100.